The number of esters is 1. The van der Waals surface area contributed by atoms with Crippen LogP contribution in [0.2, 0.25) is 0 Å². The van der Waals surface area contributed by atoms with E-state index in [1.54, 1.807) is 17.4 Å². The van der Waals surface area contributed by atoms with Gasteiger partial charge in [0.15, 0.2) is 0 Å². The molecule has 124 valence electrons. The first-order chi connectivity index (χ1) is 11.6. The van der Waals surface area contributed by atoms with E-state index in [0.29, 0.717) is 5.75 Å². The van der Waals surface area contributed by atoms with Gasteiger partial charge in [0.25, 0.3) is 5.91 Å². The fourth-order valence-electron chi connectivity index (χ4n) is 3.40. The third-order valence-electron chi connectivity index (χ3n) is 4.43. The topological polar surface area (TPSA) is 67.4 Å². The maximum atomic E-state index is 12.7. The quantitative estimate of drug-likeness (QED) is 0.648. The molecule has 1 unspecified atom stereocenters. The molecule has 6 heteroatoms. The summed E-state index contributed by atoms with van der Waals surface area (Å²) in [5.74, 6) is 0.0372. The number of aryl methyl sites for hydroxylation is 1. The standard InChI is InChI=1S/C18H18N2O3S/c1-10(21)23-13-8-4-2-6-11(13)16-19-17(22)15-12-7-3-5-9-14(12)24-18(15)20-16/h2,4,6,8,16,20H,3,5,7,9H2,1H3,(H,19,22). The smallest absolute Gasteiger partial charge is 0.308 e. The van der Waals surface area contributed by atoms with E-state index in [1.165, 1.54) is 23.8 Å². The molecule has 0 saturated heterocycles. The van der Waals surface area contributed by atoms with Crippen LogP contribution < -0.4 is 15.4 Å². The fraction of sp³-hybridized carbons (Fsp3) is 0.333. The first-order valence-corrected chi connectivity index (χ1v) is 8.94. The molecule has 5 nitrogen and oxygen atoms in total. The molecule has 0 bridgehead atoms. The first kappa shape index (κ1) is 15.2. The first-order valence-electron chi connectivity index (χ1n) is 8.13. The summed E-state index contributed by atoms with van der Waals surface area (Å²) in [6, 6.07) is 7.26. The number of amides is 1. The van der Waals surface area contributed by atoms with Crippen LogP contribution in [-0.4, -0.2) is 11.9 Å². The van der Waals surface area contributed by atoms with Crippen molar-refractivity contribution in [2.75, 3.05) is 5.32 Å². The molecule has 2 aliphatic rings. The van der Waals surface area contributed by atoms with Gasteiger partial charge in [-0.3, -0.25) is 9.59 Å². The molecule has 24 heavy (non-hydrogen) atoms. The number of thiophene rings is 1. The van der Waals surface area contributed by atoms with Crippen molar-refractivity contribution in [1.29, 1.82) is 0 Å². The van der Waals surface area contributed by atoms with Crippen LogP contribution in [0.3, 0.4) is 0 Å². The number of carbonyl (C=O) groups is 2. The molecule has 1 aliphatic carbocycles. The van der Waals surface area contributed by atoms with Crippen LogP contribution >= 0.6 is 11.3 Å². The van der Waals surface area contributed by atoms with Crippen molar-refractivity contribution in [2.45, 2.75) is 38.8 Å². The van der Waals surface area contributed by atoms with E-state index in [-0.39, 0.29) is 11.9 Å². The van der Waals surface area contributed by atoms with E-state index in [1.807, 2.05) is 18.2 Å². The number of para-hydroxylation sites is 1. The number of hydrogen-bond donors (Lipinski definition) is 2. The Hall–Kier alpha value is -2.34. The van der Waals surface area contributed by atoms with E-state index in [0.717, 1.165) is 35.4 Å². The molecule has 1 aromatic heterocycles. The Morgan fingerprint density at radius 2 is 2.00 bits per heavy atom. The summed E-state index contributed by atoms with van der Waals surface area (Å²) in [4.78, 5) is 25.3. The number of fused-ring (bicyclic) bond motifs is 3. The lowest BCUT2D eigenvalue weighted by molar-refractivity contribution is -0.131. The monoisotopic (exact) mass is 342 g/mol. The maximum absolute atomic E-state index is 12.7. The van der Waals surface area contributed by atoms with Crippen molar-refractivity contribution >= 4 is 28.2 Å². The van der Waals surface area contributed by atoms with Crippen LogP contribution in [0.1, 0.15) is 52.3 Å². The average molecular weight is 342 g/mol. The average Bonchev–Trinajstić information content (AvgIpc) is 2.93. The van der Waals surface area contributed by atoms with Gasteiger partial charge >= 0.3 is 5.97 Å². The van der Waals surface area contributed by atoms with Crippen molar-refractivity contribution in [3.63, 3.8) is 0 Å². The molecule has 0 spiro atoms. The predicted octanol–water partition coefficient (Wildman–Crippen LogP) is 3.41. The molecule has 1 aliphatic heterocycles. The highest BCUT2D eigenvalue weighted by Gasteiger charge is 2.33. The fourth-order valence-corrected chi connectivity index (χ4v) is 4.72. The van der Waals surface area contributed by atoms with Crippen molar-refractivity contribution in [2.24, 2.45) is 0 Å². The van der Waals surface area contributed by atoms with Gasteiger partial charge in [0.05, 0.1) is 5.56 Å². The number of nitrogens with one attached hydrogen (secondary N) is 2. The van der Waals surface area contributed by atoms with Crippen molar-refractivity contribution < 1.29 is 14.3 Å². The largest absolute Gasteiger partial charge is 0.426 e. The Bertz CT molecular complexity index is 828. The van der Waals surface area contributed by atoms with Gasteiger partial charge in [0.2, 0.25) is 0 Å². The second-order valence-corrected chi connectivity index (χ2v) is 7.20. The van der Waals surface area contributed by atoms with Crippen molar-refractivity contribution in [3.8, 4) is 5.75 Å². The molecule has 2 heterocycles. The van der Waals surface area contributed by atoms with E-state index < -0.39 is 6.17 Å². The highest BCUT2D eigenvalue weighted by Crippen LogP contribution is 2.42. The number of benzene rings is 1. The van der Waals surface area contributed by atoms with Crippen molar-refractivity contribution in [3.05, 3.63) is 45.8 Å². The minimum absolute atomic E-state index is 0.0502. The van der Waals surface area contributed by atoms with Gasteiger partial charge in [-0.25, -0.2) is 0 Å². The molecule has 4 rings (SSSR count). The zero-order valence-electron chi connectivity index (χ0n) is 13.3. The predicted molar refractivity (Wildman–Crippen MR) is 92.5 cm³/mol. The lowest BCUT2D eigenvalue weighted by atomic mass is 9.94. The van der Waals surface area contributed by atoms with Crippen LogP contribution in [0.4, 0.5) is 5.00 Å². The lowest BCUT2D eigenvalue weighted by Gasteiger charge is -2.27. The lowest BCUT2D eigenvalue weighted by Crippen LogP contribution is -2.38. The minimum atomic E-state index is -0.402. The molecule has 1 atom stereocenters. The van der Waals surface area contributed by atoms with Gasteiger partial charge in [0, 0.05) is 17.4 Å². The molecule has 0 radical (unpaired) electrons. The minimum Gasteiger partial charge on any atom is -0.426 e. The third-order valence-corrected chi connectivity index (χ3v) is 5.66. The van der Waals surface area contributed by atoms with E-state index in [4.69, 9.17) is 4.74 Å². The summed E-state index contributed by atoms with van der Waals surface area (Å²) in [6.45, 7) is 1.37. The van der Waals surface area contributed by atoms with Gasteiger partial charge in [-0.05, 0) is 37.3 Å². The number of hydrogen-bond acceptors (Lipinski definition) is 5. The normalized spacial score (nSPS) is 18.9. The number of anilines is 1. The number of rotatable bonds is 2. The van der Waals surface area contributed by atoms with Crippen LogP contribution in [0.5, 0.6) is 5.75 Å². The second-order valence-electron chi connectivity index (χ2n) is 6.10. The summed E-state index contributed by atoms with van der Waals surface area (Å²) >= 11 is 1.68. The van der Waals surface area contributed by atoms with E-state index in [2.05, 4.69) is 10.6 Å². The summed E-state index contributed by atoms with van der Waals surface area (Å²) in [5, 5.41) is 7.34. The SMILES string of the molecule is CC(=O)Oc1ccccc1C1NC(=O)c2c(sc3c2CCCC3)N1. The highest BCUT2D eigenvalue weighted by atomic mass is 32.1. The summed E-state index contributed by atoms with van der Waals surface area (Å²) in [5.41, 5.74) is 2.76. The van der Waals surface area contributed by atoms with Crippen LogP contribution in [-0.2, 0) is 17.6 Å². The summed E-state index contributed by atoms with van der Waals surface area (Å²) in [7, 11) is 0. The Morgan fingerprint density at radius 3 is 2.83 bits per heavy atom. The Kier molecular flexibility index (Phi) is 3.76. The van der Waals surface area contributed by atoms with Crippen LogP contribution in [0.15, 0.2) is 24.3 Å². The van der Waals surface area contributed by atoms with Gasteiger partial charge in [-0.1, -0.05) is 18.2 Å². The molecule has 1 aromatic carbocycles. The van der Waals surface area contributed by atoms with E-state index >= 15 is 0 Å². The van der Waals surface area contributed by atoms with Crippen LogP contribution in [0, 0.1) is 0 Å². The molecular formula is C18H18N2O3S. The van der Waals surface area contributed by atoms with Crippen LogP contribution in [0.25, 0.3) is 0 Å². The Morgan fingerprint density at radius 1 is 1.21 bits per heavy atom. The summed E-state index contributed by atoms with van der Waals surface area (Å²) in [6.07, 6.45) is 3.96. The molecule has 2 N–H and O–H groups in total. The highest BCUT2D eigenvalue weighted by molar-refractivity contribution is 7.16. The zero-order valence-corrected chi connectivity index (χ0v) is 14.2. The van der Waals surface area contributed by atoms with Gasteiger partial charge in [-0.15, -0.1) is 11.3 Å². The van der Waals surface area contributed by atoms with Crippen molar-refractivity contribution in [1.82, 2.24) is 5.32 Å². The molecule has 0 saturated carbocycles. The number of ether oxygens (including phenoxy) is 1. The third kappa shape index (κ3) is 2.57. The van der Waals surface area contributed by atoms with Gasteiger partial charge in [-0.2, -0.15) is 0 Å². The maximum Gasteiger partial charge on any atom is 0.308 e. The molecule has 2 aromatic rings. The van der Waals surface area contributed by atoms with E-state index in [9.17, 15) is 9.59 Å². The summed E-state index contributed by atoms with van der Waals surface area (Å²) < 4.78 is 5.28. The Labute approximate surface area is 144 Å². The zero-order chi connectivity index (χ0) is 16.7. The van der Waals surface area contributed by atoms with Gasteiger partial charge in [0.1, 0.15) is 16.9 Å². The Balaban J connectivity index is 1.70. The molecule has 0 fully saturated rings. The number of carbonyl (C=O) groups excluding carboxylic acids is 2. The van der Waals surface area contributed by atoms with Gasteiger partial charge < -0.3 is 15.4 Å². The second kappa shape index (κ2) is 5.94. The molecular weight excluding hydrogens is 324 g/mol. The molecule has 1 amide bonds.